The molecule has 0 saturated carbocycles. The van der Waals surface area contributed by atoms with Gasteiger partial charge in [0.05, 0.1) is 37.6 Å². The van der Waals surface area contributed by atoms with Crippen LogP contribution in [0.2, 0.25) is 0 Å². The molecule has 1 N–H and O–H groups in total. The second-order valence-corrected chi connectivity index (χ2v) is 5.87. The van der Waals surface area contributed by atoms with Crippen molar-refractivity contribution in [3.8, 4) is 0 Å². The molecule has 2 heterocycles. The normalized spacial score (nSPS) is 19.4. The van der Waals surface area contributed by atoms with Crippen molar-refractivity contribution in [2.24, 2.45) is 10.9 Å². The largest absolute Gasteiger partial charge is 0.467 e. The van der Waals surface area contributed by atoms with Gasteiger partial charge in [-0.05, 0) is 30.4 Å². The number of carbonyl (C=O) groups excluding carboxylic acids is 2. The first-order chi connectivity index (χ1) is 12.1. The molecule has 0 saturated heterocycles. The van der Waals surface area contributed by atoms with Gasteiger partial charge in [0.25, 0.3) is 5.91 Å². The van der Waals surface area contributed by atoms with E-state index in [9.17, 15) is 9.59 Å². The van der Waals surface area contributed by atoms with Crippen LogP contribution >= 0.6 is 12.2 Å². The number of amides is 2. The molecular weight excluding hydrogens is 342 g/mol. The van der Waals surface area contributed by atoms with Crippen molar-refractivity contribution in [3.63, 3.8) is 0 Å². The van der Waals surface area contributed by atoms with E-state index < -0.39 is 5.92 Å². The lowest BCUT2D eigenvalue weighted by atomic mass is 9.92. The summed E-state index contributed by atoms with van der Waals surface area (Å²) in [7, 11) is 1.56. The zero-order chi connectivity index (χ0) is 17.8. The number of nitrogens with one attached hydrogen (secondary N) is 1. The van der Waals surface area contributed by atoms with E-state index in [0.29, 0.717) is 30.2 Å². The summed E-state index contributed by atoms with van der Waals surface area (Å²) in [4.78, 5) is 30.5. The van der Waals surface area contributed by atoms with Gasteiger partial charge in [-0.2, -0.15) is 0 Å². The molecule has 0 bridgehead atoms. The first-order valence-electron chi connectivity index (χ1n) is 7.73. The van der Waals surface area contributed by atoms with E-state index in [1.54, 1.807) is 43.7 Å². The van der Waals surface area contributed by atoms with Crippen LogP contribution in [0.25, 0.3) is 0 Å². The van der Waals surface area contributed by atoms with Crippen molar-refractivity contribution in [2.45, 2.75) is 6.54 Å². The SMILES string of the molecule is COCCN1C(=O)C2C=CC(C(=O)NCc3ccco3)=CC2=NC1=S. The molecule has 2 amide bonds. The van der Waals surface area contributed by atoms with Crippen molar-refractivity contribution in [1.82, 2.24) is 10.2 Å². The standard InChI is InChI=1S/C17H17N3O4S/c1-23-8-6-20-16(22)13-5-4-11(9-14(13)19-17(20)25)15(21)18-10-12-3-2-7-24-12/h2-5,7,9,13H,6,8,10H2,1H3,(H,18,21). The smallest absolute Gasteiger partial charge is 0.251 e. The van der Waals surface area contributed by atoms with Crippen molar-refractivity contribution in [1.29, 1.82) is 0 Å². The van der Waals surface area contributed by atoms with Crippen LogP contribution in [0.15, 0.2) is 51.6 Å². The monoisotopic (exact) mass is 359 g/mol. The Bertz CT molecular complexity index is 780. The van der Waals surface area contributed by atoms with Crippen LogP contribution in [-0.2, 0) is 20.9 Å². The van der Waals surface area contributed by atoms with Crippen LogP contribution in [0.1, 0.15) is 5.76 Å². The molecule has 8 heteroatoms. The second kappa shape index (κ2) is 7.54. The zero-order valence-corrected chi connectivity index (χ0v) is 14.4. The van der Waals surface area contributed by atoms with Gasteiger partial charge in [-0.25, -0.2) is 4.99 Å². The summed E-state index contributed by atoms with van der Waals surface area (Å²) in [6, 6.07) is 3.53. The Morgan fingerprint density at radius 3 is 3.08 bits per heavy atom. The van der Waals surface area contributed by atoms with Gasteiger partial charge in [0.1, 0.15) is 5.76 Å². The zero-order valence-electron chi connectivity index (χ0n) is 13.6. The van der Waals surface area contributed by atoms with Crippen LogP contribution in [-0.4, -0.2) is 47.8 Å². The third-order valence-electron chi connectivity index (χ3n) is 3.86. The van der Waals surface area contributed by atoms with Gasteiger partial charge in [0, 0.05) is 12.7 Å². The summed E-state index contributed by atoms with van der Waals surface area (Å²) < 4.78 is 10.2. The van der Waals surface area contributed by atoms with Crippen molar-refractivity contribution < 1.29 is 18.7 Å². The molecular formula is C17H17N3O4S. The van der Waals surface area contributed by atoms with Gasteiger partial charge in [-0.3, -0.25) is 14.5 Å². The summed E-state index contributed by atoms with van der Waals surface area (Å²) in [5.41, 5.74) is 0.900. The number of fused-ring (bicyclic) bond motifs is 1. The summed E-state index contributed by atoms with van der Waals surface area (Å²) in [5, 5.41) is 2.95. The minimum absolute atomic E-state index is 0.158. The van der Waals surface area contributed by atoms with Crippen LogP contribution in [0.3, 0.4) is 0 Å². The lowest BCUT2D eigenvalue weighted by Crippen LogP contribution is -2.47. The number of hydrogen-bond acceptors (Lipinski definition) is 5. The van der Waals surface area contributed by atoms with E-state index >= 15 is 0 Å². The fourth-order valence-electron chi connectivity index (χ4n) is 2.55. The van der Waals surface area contributed by atoms with E-state index in [1.165, 1.54) is 4.90 Å². The average Bonchev–Trinajstić information content (AvgIpc) is 3.12. The fourth-order valence-corrected chi connectivity index (χ4v) is 2.84. The van der Waals surface area contributed by atoms with Crippen LogP contribution in [0.4, 0.5) is 0 Å². The van der Waals surface area contributed by atoms with Gasteiger partial charge < -0.3 is 14.5 Å². The number of rotatable bonds is 6. The number of nitrogens with zero attached hydrogens (tertiary/aromatic N) is 2. The predicted molar refractivity (Wildman–Crippen MR) is 94.9 cm³/mol. The molecule has 1 aliphatic heterocycles. The quantitative estimate of drug-likeness (QED) is 0.772. The predicted octanol–water partition coefficient (Wildman–Crippen LogP) is 1.22. The lowest BCUT2D eigenvalue weighted by molar-refractivity contribution is -0.129. The number of allylic oxidation sites excluding steroid dienone is 1. The molecule has 0 aromatic carbocycles. The second-order valence-electron chi connectivity index (χ2n) is 5.50. The number of furan rings is 1. The van der Waals surface area contributed by atoms with Crippen molar-refractivity contribution in [3.05, 3.63) is 48.0 Å². The summed E-state index contributed by atoms with van der Waals surface area (Å²) in [6.07, 6.45) is 6.44. The highest BCUT2D eigenvalue weighted by atomic mass is 32.1. The third-order valence-corrected chi connectivity index (χ3v) is 4.17. The molecule has 0 fully saturated rings. The highest BCUT2D eigenvalue weighted by Gasteiger charge is 2.34. The molecule has 0 spiro atoms. The maximum atomic E-state index is 12.5. The Morgan fingerprint density at radius 1 is 1.52 bits per heavy atom. The summed E-state index contributed by atoms with van der Waals surface area (Å²) >= 11 is 5.19. The van der Waals surface area contributed by atoms with Crippen molar-refractivity contribution in [2.75, 3.05) is 20.3 Å². The lowest BCUT2D eigenvalue weighted by Gasteiger charge is -2.30. The van der Waals surface area contributed by atoms with Crippen molar-refractivity contribution >= 4 is 34.9 Å². The van der Waals surface area contributed by atoms with Crippen LogP contribution in [0.5, 0.6) is 0 Å². The Hall–Kier alpha value is -2.58. The fraction of sp³-hybridized carbons (Fsp3) is 0.294. The Balaban J connectivity index is 1.71. The molecule has 25 heavy (non-hydrogen) atoms. The maximum Gasteiger partial charge on any atom is 0.251 e. The minimum Gasteiger partial charge on any atom is -0.467 e. The van der Waals surface area contributed by atoms with Gasteiger partial charge in [0.2, 0.25) is 11.0 Å². The van der Waals surface area contributed by atoms with Gasteiger partial charge in [0.15, 0.2) is 0 Å². The number of ether oxygens (including phenoxy) is 1. The first-order valence-corrected chi connectivity index (χ1v) is 8.14. The van der Waals surface area contributed by atoms with E-state index in [0.717, 1.165) is 0 Å². The summed E-state index contributed by atoms with van der Waals surface area (Å²) in [6.45, 7) is 1.02. The molecule has 1 aliphatic carbocycles. The van der Waals surface area contributed by atoms with E-state index in [-0.39, 0.29) is 23.5 Å². The maximum absolute atomic E-state index is 12.5. The molecule has 1 aromatic rings. The van der Waals surface area contributed by atoms with E-state index in [2.05, 4.69) is 10.3 Å². The van der Waals surface area contributed by atoms with Gasteiger partial charge in [-0.1, -0.05) is 12.2 Å². The molecule has 0 radical (unpaired) electrons. The summed E-state index contributed by atoms with van der Waals surface area (Å²) in [5.74, 6) is -0.291. The molecule has 7 nitrogen and oxygen atoms in total. The third kappa shape index (κ3) is 3.75. The molecule has 130 valence electrons. The molecule has 1 aromatic heterocycles. The Kier molecular flexibility index (Phi) is 5.20. The Morgan fingerprint density at radius 2 is 2.36 bits per heavy atom. The highest BCUT2D eigenvalue weighted by Crippen LogP contribution is 2.22. The van der Waals surface area contributed by atoms with Gasteiger partial charge in [-0.15, -0.1) is 0 Å². The number of carbonyl (C=O) groups is 2. The molecule has 1 atom stereocenters. The first kappa shape index (κ1) is 17.2. The number of methoxy groups -OCH3 is 1. The van der Waals surface area contributed by atoms with Gasteiger partial charge >= 0.3 is 0 Å². The molecule has 2 aliphatic rings. The average molecular weight is 359 g/mol. The van der Waals surface area contributed by atoms with E-state index in [4.69, 9.17) is 21.4 Å². The minimum atomic E-state index is -0.523. The topological polar surface area (TPSA) is 84.1 Å². The molecule has 3 rings (SSSR count). The van der Waals surface area contributed by atoms with Crippen LogP contribution in [0, 0.1) is 5.92 Å². The number of thiocarbonyl (C=S) groups is 1. The number of hydrogen-bond donors (Lipinski definition) is 1. The Labute approximate surface area is 150 Å². The van der Waals surface area contributed by atoms with E-state index in [1.807, 2.05) is 0 Å². The van der Waals surface area contributed by atoms with Crippen LogP contribution < -0.4 is 5.32 Å². The molecule has 1 unspecified atom stereocenters. The highest BCUT2D eigenvalue weighted by molar-refractivity contribution is 7.80. The number of aliphatic imine (C=N–C) groups is 1.